The second-order valence-corrected chi connectivity index (χ2v) is 8.07. The highest BCUT2D eigenvalue weighted by atomic mass is 32.1. The molecule has 3 N–H and O–H groups in total. The molecule has 31 heavy (non-hydrogen) atoms. The molecule has 0 radical (unpaired) electrons. The predicted molar refractivity (Wildman–Crippen MR) is 118 cm³/mol. The second-order valence-electron chi connectivity index (χ2n) is 7.15. The predicted octanol–water partition coefficient (Wildman–Crippen LogP) is 2.59. The number of carbonyl (C=O) groups excluding carboxylic acids is 1. The second kappa shape index (κ2) is 10.5. The third-order valence-corrected chi connectivity index (χ3v) is 5.88. The number of pyridine rings is 1. The molecule has 0 spiro atoms. The Morgan fingerprint density at radius 2 is 2.00 bits per heavy atom. The lowest BCUT2D eigenvalue weighted by Gasteiger charge is -2.34. The minimum atomic E-state index is -0.511. The van der Waals surface area contributed by atoms with Crippen LogP contribution in [0.25, 0.3) is 0 Å². The molecule has 1 aliphatic rings. The molecule has 1 atom stereocenters. The summed E-state index contributed by atoms with van der Waals surface area (Å²) in [6.07, 6.45) is 4.40. The van der Waals surface area contributed by atoms with E-state index in [2.05, 4.69) is 20.2 Å². The maximum Gasteiger partial charge on any atom is 0.250 e. The van der Waals surface area contributed by atoms with E-state index in [1.165, 1.54) is 16.6 Å². The van der Waals surface area contributed by atoms with E-state index < -0.39 is 5.91 Å². The average molecular weight is 440 g/mol. The van der Waals surface area contributed by atoms with Crippen molar-refractivity contribution in [2.75, 3.05) is 32.8 Å². The van der Waals surface area contributed by atoms with Crippen molar-refractivity contribution in [2.45, 2.75) is 12.6 Å². The minimum absolute atomic E-state index is 0.161. The van der Waals surface area contributed by atoms with Gasteiger partial charge in [0.05, 0.1) is 35.3 Å². The third kappa shape index (κ3) is 5.86. The molecule has 3 heterocycles. The highest BCUT2D eigenvalue weighted by Gasteiger charge is 2.23. The molecule has 0 bridgehead atoms. The Hall–Kier alpha value is -2.85. The lowest BCUT2D eigenvalue weighted by Crippen LogP contribution is -2.45. The number of carbonyl (C=O) groups is 1. The zero-order valence-electron chi connectivity index (χ0n) is 17.1. The molecule has 1 saturated heterocycles. The van der Waals surface area contributed by atoms with Gasteiger partial charge in [0.2, 0.25) is 11.8 Å². The van der Waals surface area contributed by atoms with Crippen molar-refractivity contribution in [3.8, 4) is 11.6 Å². The van der Waals surface area contributed by atoms with Crippen LogP contribution in [0.1, 0.15) is 27.0 Å². The van der Waals surface area contributed by atoms with Gasteiger partial charge >= 0.3 is 0 Å². The monoisotopic (exact) mass is 439 g/mol. The standard InChI is InChI=1S/C22H25N5O3S/c23-21(28)17-3-6-20(26-13-17)30-18-4-1-16(2-5-18)7-8-25-22(19-14-24-15-31-19)27-9-11-29-12-10-27/h1-6,13-15,22,25H,7-12H2,(H2,23,28). The van der Waals surface area contributed by atoms with E-state index in [0.717, 1.165) is 39.3 Å². The summed E-state index contributed by atoms with van der Waals surface area (Å²) in [6.45, 7) is 4.19. The van der Waals surface area contributed by atoms with Crippen LogP contribution in [-0.4, -0.2) is 53.6 Å². The van der Waals surface area contributed by atoms with Gasteiger partial charge in [0, 0.05) is 38.1 Å². The van der Waals surface area contributed by atoms with E-state index in [0.29, 0.717) is 17.2 Å². The molecule has 162 valence electrons. The van der Waals surface area contributed by atoms with Gasteiger partial charge in [-0.1, -0.05) is 12.1 Å². The van der Waals surface area contributed by atoms with Crippen LogP contribution in [0.5, 0.6) is 11.6 Å². The summed E-state index contributed by atoms with van der Waals surface area (Å²) in [5.74, 6) is 0.590. The third-order valence-electron chi connectivity index (χ3n) is 5.05. The van der Waals surface area contributed by atoms with Gasteiger partial charge in [0.15, 0.2) is 0 Å². The molecule has 0 aliphatic carbocycles. The van der Waals surface area contributed by atoms with Crippen molar-refractivity contribution in [1.29, 1.82) is 0 Å². The number of hydrogen-bond acceptors (Lipinski definition) is 8. The number of nitrogens with zero attached hydrogens (tertiary/aromatic N) is 3. The highest BCUT2D eigenvalue weighted by molar-refractivity contribution is 7.09. The summed E-state index contributed by atoms with van der Waals surface area (Å²) < 4.78 is 11.2. The average Bonchev–Trinajstić information content (AvgIpc) is 3.33. The number of rotatable bonds is 9. The van der Waals surface area contributed by atoms with E-state index in [1.54, 1.807) is 23.5 Å². The van der Waals surface area contributed by atoms with Crippen molar-refractivity contribution in [3.63, 3.8) is 0 Å². The molecular weight excluding hydrogens is 414 g/mol. The van der Waals surface area contributed by atoms with Crippen LogP contribution in [0.3, 0.4) is 0 Å². The topological polar surface area (TPSA) is 103 Å². The Balaban J connectivity index is 1.30. The number of ether oxygens (including phenoxy) is 2. The number of hydrogen-bond donors (Lipinski definition) is 2. The van der Waals surface area contributed by atoms with Gasteiger partial charge in [0.25, 0.3) is 0 Å². The number of amides is 1. The summed E-state index contributed by atoms with van der Waals surface area (Å²) in [5.41, 5.74) is 8.66. The minimum Gasteiger partial charge on any atom is -0.439 e. The van der Waals surface area contributed by atoms with Crippen LogP contribution in [0.15, 0.2) is 54.3 Å². The van der Waals surface area contributed by atoms with E-state index in [4.69, 9.17) is 15.2 Å². The number of aromatic nitrogens is 2. The SMILES string of the molecule is NC(=O)c1ccc(Oc2ccc(CCNC(c3cncs3)N3CCOCC3)cc2)nc1. The summed E-state index contributed by atoms with van der Waals surface area (Å²) in [5, 5.41) is 3.67. The van der Waals surface area contributed by atoms with Gasteiger partial charge in [-0.3, -0.25) is 20.0 Å². The molecule has 1 amide bonds. The van der Waals surface area contributed by atoms with Crippen molar-refractivity contribution < 1.29 is 14.3 Å². The molecular formula is C22H25N5O3S. The van der Waals surface area contributed by atoms with Gasteiger partial charge in [-0.25, -0.2) is 4.98 Å². The Labute approximate surface area is 185 Å². The molecule has 2 aromatic heterocycles. The van der Waals surface area contributed by atoms with E-state index in [-0.39, 0.29) is 6.17 Å². The van der Waals surface area contributed by atoms with E-state index in [1.807, 2.05) is 36.0 Å². The summed E-state index contributed by atoms with van der Waals surface area (Å²) in [4.78, 5) is 23.1. The highest BCUT2D eigenvalue weighted by Crippen LogP contribution is 2.23. The zero-order valence-corrected chi connectivity index (χ0v) is 17.9. The van der Waals surface area contributed by atoms with Gasteiger partial charge in [-0.05, 0) is 30.2 Å². The van der Waals surface area contributed by atoms with Crippen molar-refractivity contribution >= 4 is 17.2 Å². The van der Waals surface area contributed by atoms with Gasteiger partial charge < -0.3 is 15.2 Å². The lowest BCUT2D eigenvalue weighted by atomic mass is 10.1. The first-order valence-electron chi connectivity index (χ1n) is 10.2. The number of nitrogens with two attached hydrogens (primary N) is 1. The number of morpholine rings is 1. The van der Waals surface area contributed by atoms with Crippen LogP contribution in [0.2, 0.25) is 0 Å². The first-order valence-corrected chi connectivity index (χ1v) is 11.0. The fraction of sp³-hybridized carbons (Fsp3) is 0.318. The first-order chi connectivity index (χ1) is 15.2. The van der Waals surface area contributed by atoms with Crippen molar-refractivity contribution in [2.24, 2.45) is 5.73 Å². The molecule has 1 aliphatic heterocycles. The van der Waals surface area contributed by atoms with Crippen molar-refractivity contribution in [3.05, 3.63) is 70.3 Å². The molecule has 4 rings (SSSR count). The molecule has 0 saturated carbocycles. The summed E-state index contributed by atoms with van der Waals surface area (Å²) >= 11 is 1.67. The Morgan fingerprint density at radius 3 is 2.65 bits per heavy atom. The number of thiazole rings is 1. The molecule has 8 nitrogen and oxygen atoms in total. The molecule has 1 fully saturated rings. The van der Waals surface area contributed by atoms with Gasteiger partial charge in [0.1, 0.15) is 5.75 Å². The molecule has 9 heteroatoms. The summed E-state index contributed by atoms with van der Waals surface area (Å²) in [6, 6.07) is 11.2. The fourth-order valence-corrected chi connectivity index (χ4v) is 4.12. The quantitative estimate of drug-likeness (QED) is 0.528. The van der Waals surface area contributed by atoms with Crippen molar-refractivity contribution in [1.82, 2.24) is 20.2 Å². The maximum atomic E-state index is 11.1. The number of nitrogens with one attached hydrogen (secondary N) is 1. The fourth-order valence-electron chi connectivity index (χ4n) is 3.39. The Bertz CT molecular complexity index is 958. The smallest absolute Gasteiger partial charge is 0.250 e. The largest absolute Gasteiger partial charge is 0.439 e. The number of benzene rings is 1. The normalized spacial score (nSPS) is 15.5. The first kappa shape index (κ1) is 21.4. The van der Waals surface area contributed by atoms with Gasteiger partial charge in [-0.15, -0.1) is 11.3 Å². The number of primary amides is 1. The van der Waals surface area contributed by atoms with Crippen LogP contribution in [0, 0.1) is 0 Å². The van der Waals surface area contributed by atoms with Crippen LogP contribution in [-0.2, 0) is 11.2 Å². The maximum absolute atomic E-state index is 11.1. The zero-order chi connectivity index (χ0) is 21.5. The lowest BCUT2D eigenvalue weighted by molar-refractivity contribution is 0.00910. The Morgan fingerprint density at radius 1 is 1.19 bits per heavy atom. The van der Waals surface area contributed by atoms with Crippen LogP contribution < -0.4 is 15.8 Å². The van der Waals surface area contributed by atoms with E-state index in [9.17, 15) is 4.79 Å². The van der Waals surface area contributed by atoms with Crippen LogP contribution in [0.4, 0.5) is 0 Å². The molecule has 1 aromatic carbocycles. The van der Waals surface area contributed by atoms with Crippen LogP contribution >= 0.6 is 11.3 Å². The Kier molecular flexibility index (Phi) is 7.21. The van der Waals surface area contributed by atoms with Gasteiger partial charge in [-0.2, -0.15) is 0 Å². The molecule has 1 unspecified atom stereocenters. The summed E-state index contributed by atoms with van der Waals surface area (Å²) in [7, 11) is 0. The van der Waals surface area contributed by atoms with E-state index >= 15 is 0 Å². The molecule has 3 aromatic rings.